The molecule has 1 aliphatic rings. The summed E-state index contributed by atoms with van der Waals surface area (Å²) in [5.74, 6) is -1.43. The monoisotopic (exact) mass is 590 g/mol. The fraction of sp³-hybridized carbons (Fsp3) is 0.138. The van der Waals surface area contributed by atoms with Gasteiger partial charge in [-0.1, -0.05) is 23.7 Å². The number of pyridine rings is 1. The Morgan fingerprint density at radius 3 is 2.34 bits per heavy atom. The number of carbonyl (C=O) groups excluding carboxylic acids is 2. The van der Waals surface area contributed by atoms with Crippen LogP contribution in [-0.4, -0.2) is 23.5 Å². The van der Waals surface area contributed by atoms with Crippen LogP contribution in [0.1, 0.15) is 33.8 Å². The first-order chi connectivity index (χ1) is 19.1. The van der Waals surface area contributed by atoms with E-state index in [4.69, 9.17) is 21.1 Å². The number of aromatic nitrogens is 1. The summed E-state index contributed by atoms with van der Waals surface area (Å²) in [5, 5.41) is 14.3. The van der Waals surface area contributed by atoms with Crippen LogP contribution in [0.3, 0.4) is 0 Å². The van der Waals surface area contributed by atoms with E-state index in [1.54, 1.807) is 36.4 Å². The second-order valence-electron chi connectivity index (χ2n) is 8.92. The predicted molar refractivity (Wildman–Crippen MR) is 138 cm³/mol. The molecular weight excluding hydrogens is 572 g/mol. The minimum absolute atomic E-state index is 0. The summed E-state index contributed by atoms with van der Waals surface area (Å²) in [6, 6.07) is 17.1. The molecule has 1 aromatic heterocycles. The van der Waals surface area contributed by atoms with Gasteiger partial charge in [0, 0.05) is 34.6 Å². The molecule has 41 heavy (non-hydrogen) atoms. The van der Waals surface area contributed by atoms with Gasteiger partial charge in [0.25, 0.3) is 5.91 Å². The van der Waals surface area contributed by atoms with Crippen LogP contribution in [0.5, 0.6) is 17.2 Å². The number of nitrogens with one attached hydrogen (secondary N) is 1. The van der Waals surface area contributed by atoms with Crippen molar-refractivity contribution in [2.75, 3.05) is 11.9 Å². The van der Waals surface area contributed by atoms with Gasteiger partial charge in [-0.05, 0) is 61.0 Å². The number of carboxylic acids is 1. The molecule has 1 amide bonds. The zero-order chi connectivity index (χ0) is 28.4. The second-order valence-corrected chi connectivity index (χ2v) is 9.32. The maximum absolute atomic E-state index is 12.8. The summed E-state index contributed by atoms with van der Waals surface area (Å²) >= 11 is 6.32. The Hall–Kier alpha value is -3.57. The summed E-state index contributed by atoms with van der Waals surface area (Å²) in [5.41, 5.74) is 1.37. The van der Waals surface area contributed by atoms with Gasteiger partial charge in [0.05, 0.1) is 34.8 Å². The Kier molecular flexibility index (Phi) is 9.28. The average Bonchev–Trinajstić information content (AvgIpc) is 2.93. The predicted octanol–water partition coefficient (Wildman–Crippen LogP) is 3.09. The number of ether oxygens (including phenoxy) is 2. The van der Waals surface area contributed by atoms with Crippen LogP contribution >= 0.6 is 11.6 Å². The third-order valence-electron chi connectivity index (χ3n) is 6.26. The molecule has 7 nitrogen and oxygen atoms in total. The Balaban J connectivity index is 0.00000387. The first kappa shape index (κ1) is 30.4. The van der Waals surface area contributed by atoms with Gasteiger partial charge in [0.2, 0.25) is 0 Å². The molecule has 0 radical (unpaired) electrons. The topological polar surface area (TPSA) is 101 Å². The van der Waals surface area contributed by atoms with Gasteiger partial charge in [0.1, 0.15) is 17.2 Å². The van der Waals surface area contributed by atoms with E-state index in [1.165, 1.54) is 30.5 Å². The van der Waals surface area contributed by atoms with E-state index in [0.29, 0.717) is 39.6 Å². The number of hydrogen-bond acceptors (Lipinski definition) is 6. The molecule has 0 spiro atoms. The molecule has 0 bridgehead atoms. The Morgan fingerprint density at radius 1 is 1.02 bits per heavy atom. The molecule has 2 heterocycles. The van der Waals surface area contributed by atoms with Crippen LogP contribution in [0, 0.1) is 0 Å². The van der Waals surface area contributed by atoms with Crippen molar-refractivity contribution in [3.8, 4) is 28.5 Å². The largest absolute Gasteiger partial charge is 1.00 e. The van der Waals surface area contributed by atoms with Crippen LogP contribution in [0.15, 0.2) is 79.0 Å². The normalized spacial score (nSPS) is 14.2. The van der Waals surface area contributed by atoms with Crippen molar-refractivity contribution in [3.05, 3.63) is 101 Å². The van der Waals surface area contributed by atoms with E-state index in [2.05, 4.69) is 10.3 Å². The Labute approximate surface area is 259 Å². The summed E-state index contributed by atoms with van der Waals surface area (Å²) < 4.78 is 49.7. The molecule has 1 atom stereocenters. The number of benzene rings is 3. The van der Waals surface area contributed by atoms with Gasteiger partial charge >= 0.3 is 35.7 Å². The van der Waals surface area contributed by atoms with E-state index in [0.717, 1.165) is 12.1 Å². The van der Waals surface area contributed by atoms with Gasteiger partial charge < -0.3 is 24.7 Å². The van der Waals surface area contributed by atoms with Crippen molar-refractivity contribution >= 4 is 29.2 Å². The molecule has 4 aromatic rings. The summed E-state index contributed by atoms with van der Waals surface area (Å²) in [6.07, 6.45) is -2.72. The third-order valence-corrected chi connectivity index (χ3v) is 6.56. The van der Waals surface area contributed by atoms with Crippen LogP contribution in [0.2, 0.25) is 5.02 Å². The molecule has 3 aromatic carbocycles. The van der Waals surface area contributed by atoms with Crippen molar-refractivity contribution in [2.45, 2.75) is 18.5 Å². The Morgan fingerprint density at radius 2 is 1.73 bits per heavy atom. The number of halogens is 4. The maximum Gasteiger partial charge on any atom is 1.00 e. The van der Waals surface area contributed by atoms with Crippen LogP contribution in [0.25, 0.3) is 11.3 Å². The average molecular weight is 591 g/mol. The number of rotatable bonds is 6. The van der Waals surface area contributed by atoms with Crippen molar-refractivity contribution in [1.29, 1.82) is 0 Å². The maximum atomic E-state index is 12.8. The number of anilines is 1. The first-order valence-electron chi connectivity index (χ1n) is 12.0. The van der Waals surface area contributed by atoms with Crippen molar-refractivity contribution in [1.82, 2.24) is 4.98 Å². The van der Waals surface area contributed by atoms with Crippen LogP contribution in [0.4, 0.5) is 18.9 Å². The minimum atomic E-state index is -4.42. The smallest absolute Gasteiger partial charge is 0.549 e. The van der Waals surface area contributed by atoms with Gasteiger partial charge in [-0.25, -0.2) is 0 Å². The molecule has 12 heteroatoms. The Bertz CT molecular complexity index is 1560. The molecule has 1 aliphatic heterocycles. The minimum Gasteiger partial charge on any atom is -0.549 e. The number of nitrogens with zero attached hydrogens (tertiary/aromatic N) is 1. The molecule has 0 saturated heterocycles. The van der Waals surface area contributed by atoms with E-state index < -0.39 is 29.5 Å². The molecule has 0 fully saturated rings. The number of fused-ring (bicyclic) bond motifs is 1. The number of alkyl halides is 3. The number of carboxylic acid groups (broad SMARTS) is 1. The van der Waals surface area contributed by atoms with E-state index in [9.17, 15) is 27.9 Å². The van der Waals surface area contributed by atoms with Crippen LogP contribution in [-0.2, 0) is 11.0 Å². The summed E-state index contributed by atoms with van der Waals surface area (Å²) in [7, 11) is 0. The van der Waals surface area contributed by atoms with E-state index in [-0.39, 0.29) is 53.4 Å². The molecule has 1 unspecified atom stereocenters. The number of hydrogen-bond donors (Lipinski definition) is 1. The van der Waals surface area contributed by atoms with E-state index in [1.807, 2.05) is 0 Å². The molecular formula is C29H19ClF3N2NaO5. The van der Waals surface area contributed by atoms with Gasteiger partial charge in [0.15, 0.2) is 0 Å². The fourth-order valence-corrected chi connectivity index (χ4v) is 4.40. The van der Waals surface area contributed by atoms with Crippen LogP contribution < -0.4 is 49.5 Å². The molecule has 204 valence electrons. The molecule has 1 N–H and O–H groups in total. The van der Waals surface area contributed by atoms with E-state index >= 15 is 0 Å². The first-order valence-corrected chi connectivity index (χ1v) is 12.4. The summed E-state index contributed by atoms with van der Waals surface area (Å²) in [4.78, 5) is 28.3. The molecule has 5 rings (SSSR count). The number of amides is 1. The molecule has 0 aliphatic carbocycles. The third kappa shape index (κ3) is 7.02. The standard InChI is InChI=1S/C29H20ClF3N2O5.Na/c30-23-13-22-21(28(37)38)11-12-39-25(22)14-26(23)40-20-8-3-17(4-9-20)27(36)35-19-7-10-24(34-15-19)16-1-5-18(6-2-16)29(31,32)33;/h1-10,13-15,21H,11-12H2,(H,35,36)(H,37,38);/q;+1/p-1. The van der Waals surface area contributed by atoms with Crippen molar-refractivity contribution in [2.24, 2.45) is 0 Å². The number of aliphatic carboxylic acids is 1. The van der Waals surface area contributed by atoms with Gasteiger partial charge in [-0.3, -0.25) is 9.78 Å². The van der Waals surface area contributed by atoms with Crippen molar-refractivity contribution < 1.29 is 66.9 Å². The van der Waals surface area contributed by atoms with Gasteiger partial charge in [-0.15, -0.1) is 0 Å². The van der Waals surface area contributed by atoms with Gasteiger partial charge in [-0.2, -0.15) is 13.2 Å². The zero-order valence-corrected chi connectivity index (χ0v) is 24.3. The van der Waals surface area contributed by atoms with Crippen molar-refractivity contribution in [3.63, 3.8) is 0 Å². The fourth-order valence-electron chi connectivity index (χ4n) is 4.19. The summed E-state index contributed by atoms with van der Waals surface area (Å²) in [6.45, 7) is 0.226. The number of carbonyl (C=O) groups is 2. The second kappa shape index (κ2) is 12.5. The quantitative estimate of drug-likeness (QED) is 0.347. The SMILES string of the molecule is O=C(Nc1ccc(-c2ccc(C(F)(F)F)cc2)nc1)c1ccc(Oc2cc3c(cc2Cl)C(C(=O)[O-])CCO3)cc1.[Na+]. The molecule has 0 saturated carbocycles. The zero-order valence-electron chi connectivity index (χ0n) is 21.5.